The number of hydrogen-bond donors (Lipinski definition) is 1. The summed E-state index contributed by atoms with van der Waals surface area (Å²) in [6.45, 7) is 13.2. The Bertz CT molecular complexity index is 125. The van der Waals surface area contributed by atoms with Crippen molar-refractivity contribution >= 4 is 0 Å². The van der Waals surface area contributed by atoms with E-state index in [0.29, 0.717) is 6.04 Å². The third-order valence-electron chi connectivity index (χ3n) is 2.28. The third kappa shape index (κ3) is 7.03. The van der Waals surface area contributed by atoms with Crippen molar-refractivity contribution in [3.05, 3.63) is 0 Å². The van der Waals surface area contributed by atoms with Crippen LogP contribution in [0.2, 0.25) is 0 Å². The highest BCUT2D eigenvalue weighted by molar-refractivity contribution is 4.74. The molecule has 2 heteroatoms. The smallest absolute Gasteiger partial charge is 0.0109 e. The van der Waals surface area contributed by atoms with Gasteiger partial charge in [-0.1, -0.05) is 6.92 Å². The average molecular weight is 186 g/mol. The SMILES string of the molecule is CCCN(CCC(C)(C)N)C(C)C. The van der Waals surface area contributed by atoms with Gasteiger partial charge in [-0.15, -0.1) is 0 Å². The van der Waals surface area contributed by atoms with Gasteiger partial charge in [0.25, 0.3) is 0 Å². The fourth-order valence-electron chi connectivity index (χ4n) is 1.35. The Kier molecular flexibility index (Phi) is 5.57. The van der Waals surface area contributed by atoms with Crippen molar-refractivity contribution < 1.29 is 0 Å². The molecule has 0 fully saturated rings. The molecule has 0 spiro atoms. The lowest BCUT2D eigenvalue weighted by atomic mass is 10.0. The lowest BCUT2D eigenvalue weighted by molar-refractivity contribution is 0.204. The lowest BCUT2D eigenvalue weighted by Crippen LogP contribution is -2.40. The minimum atomic E-state index is -0.0269. The van der Waals surface area contributed by atoms with E-state index in [2.05, 4.69) is 39.5 Å². The van der Waals surface area contributed by atoms with E-state index in [1.54, 1.807) is 0 Å². The molecule has 2 N–H and O–H groups in total. The number of nitrogens with two attached hydrogens (primary N) is 1. The van der Waals surface area contributed by atoms with Gasteiger partial charge in [-0.25, -0.2) is 0 Å². The van der Waals surface area contributed by atoms with Crippen LogP contribution in [0.1, 0.15) is 47.5 Å². The van der Waals surface area contributed by atoms with Crippen molar-refractivity contribution in [2.75, 3.05) is 13.1 Å². The van der Waals surface area contributed by atoms with Crippen LogP contribution >= 0.6 is 0 Å². The van der Waals surface area contributed by atoms with Crippen molar-refractivity contribution in [1.82, 2.24) is 4.90 Å². The van der Waals surface area contributed by atoms with E-state index in [0.717, 1.165) is 13.0 Å². The third-order valence-corrected chi connectivity index (χ3v) is 2.28. The average Bonchev–Trinajstić information content (AvgIpc) is 1.95. The molecule has 0 saturated carbocycles. The molecule has 0 aromatic carbocycles. The van der Waals surface area contributed by atoms with Crippen LogP contribution in [-0.4, -0.2) is 29.6 Å². The molecule has 0 bridgehead atoms. The minimum Gasteiger partial charge on any atom is -0.326 e. The Hall–Kier alpha value is -0.0800. The van der Waals surface area contributed by atoms with Crippen molar-refractivity contribution in [2.24, 2.45) is 5.73 Å². The summed E-state index contributed by atoms with van der Waals surface area (Å²) in [5, 5.41) is 0. The first-order valence-corrected chi connectivity index (χ1v) is 5.39. The van der Waals surface area contributed by atoms with Gasteiger partial charge < -0.3 is 10.6 Å². The standard InChI is InChI=1S/C11H26N2/c1-6-8-13(10(2)3)9-7-11(4,5)12/h10H,6-9,12H2,1-5H3. The topological polar surface area (TPSA) is 29.3 Å². The molecular weight excluding hydrogens is 160 g/mol. The van der Waals surface area contributed by atoms with Crippen LogP contribution in [0, 0.1) is 0 Å². The summed E-state index contributed by atoms with van der Waals surface area (Å²) >= 11 is 0. The van der Waals surface area contributed by atoms with Gasteiger partial charge in [0.15, 0.2) is 0 Å². The number of rotatable bonds is 6. The molecule has 0 rings (SSSR count). The molecule has 0 aliphatic rings. The van der Waals surface area contributed by atoms with Crippen molar-refractivity contribution in [3.63, 3.8) is 0 Å². The van der Waals surface area contributed by atoms with Gasteiger partial charge in [0.1, 0.15) is 0 Å². The summed E-state index contributed by atoms with van der Waals surface area (Å²) in [6, 6.07) is 0.641. The Balaban J connectivity index is 3.82. The highest BCUT2D eigenvalue weighted by atomic mass is 15.1. The molecule has 80 valence electrons. The van der Waals surface area contributed by atoms with Gasteiger partial charge in [0.05, 0.1) is 0 Å². The summed E-state index contributed by atoms with van der Waals surface area (Å²) in [4.78, 5) is 2.49. The first kappa shape index (κ1) is 12.9. The van der Waals surface area contributed by atoms with Crippen LogP contribution in [0.3, 0.4) is 0 Å². The van der Waals surface area contributed by atoms with E-state index in [1.807, 2.05) is 0 Å². The number of hydrogen-bond acceptors (Lipinski definition) is 2. The van der Waals surface area contributed by atoms with Crippen LogP contribution in [0.4, 0.5) is 0 Å². The van der Waals surface area contributed by atoms with Crippen molar-refractivity contribution in [2.45, 2.75) is 59.0 Å². The molecule has 0 aromatic heterocycles. The first-order chi connectivity index (χ1) is 5.87. The monoisotopic (exact) mass is 186 g/mol. The quantitative estimate of drug-likeness (QED) is 0.689. The van der Waals surface area contributed by atoms with E-state index in [9.17, 15) is 0 Å². The second-order valence-electron chi connectivity index (χ2n) is 4.87. The zero-order valence-corrected chi connectivity index (χ0v) is 9.93. The molecule has 0 saturated heterocycles. The zero-order chi connectivity index (χ0) is 10.5. The summed E-state index contributed by atoms with van der Waals surface area (Å²) in [7, 11) is 0. The molecule has 0 heterocycles. The molecule has 0 unspecified atom stereocenters. The lowest BCUT2D eigenvalue weighted by Gasteiger charge is -2.29. The maximum Gasteiger partial charge on any atom is 0.0109 e. The second-order valence-corrected chi connectivity index (χ2v) is 4.87. The normalized spacial score (nSPS) is 12.9. The van der Waals surface area contributed by atoms with Gasteiger partial charge >= 0.3 is 0 Å². The Labute approximate surface area is 83.5 Å². The summed E-state index contributed by atoms with van der Waals surface area (Å²) < 4.78 is 0. The molecule has 0 aromatic rings. The Morgan fingerprint density at radius 1 is 1.23 bits per heavy atom. The Morgan fingerprint density at radius 3 is 2.08 bits per heavy atom. The minimum absolute atomic E-state index is 0.0269. The second kappa shape index (κ2) is 5.61. The zero-order valence-electron chi connectivity index (χ0n) is 9.93. The van der Waals surface area contributed by atoms with Gasteiger partial charge in [0.2, 0.25) is 0 Å². The van der Waals surface area contributed by atoms with Crippen LogP contribution < -0.4 is 5.73 Å². The van der Waals surface area contributed by atoms with E-state index >= 15 is 0 Å². The number of nitrogens with zero attached hydrogens (tertiary/aromatic N) is 1. The fraction of sp³-hybridized carbons (Fsp3) is 1.00. The maximum atomic E-state index is 5.95. The van der Waals surface area contributed by atoms with Crippen LogP contribution in [-0.2, 0) is 0 Å². The molecule has 0 aliphatic carbocycles. The summed E-state index contributed by atoms with van der Waals surface area (Å²) in [5.74, 6) is 0. The predicted octanol–water partition coefficient (Wildman–Crippen LogP) is 2.23. The van der Waals surface area contributed by atoms with Gasteiger partial charge in [-0.2, -0.15) is 0 Å². The van der Waals surface area contributed by atoms with Crippen molar-refractivity contribution in [3.8, 4) is 0 Å². The predicted molar refractivity (Wildman–Crippen MR) is 59.9 cm³/mol. The highest BCUT2D eigenvalue weighted by Gasteiger charge is 2.14. The van der Waals surface area contributed by atoms with Crippen molar-refractivity contribution in [1.29, 1.82) is 0 Å². The summed E-state index contributed by atoms with van der Waals surface area (Å²) in [5.41, 5.74) is 5.93. The largest absolute Gasteiger partial charge is 0.326 e. The van der Waals surface area contributed by atoms with E-state index in [4.69, 9.17) is 5.73 Å². The van der Waals surface area contributed by atoms with E-state index in [1.165, 1.54) is 13.0 Å². The first-order valence-electron chi connectivity index (χ1n) is 5.39. The highest BCUT2D eigenvalue weighted by Crippen LogP contribution is 2.08. The van der Waals surface area contributed by atoms with E-state index in [-0.39, 0.29) is 5.54 Å². The maximum absolute atomic E-state index is 5.95. The van der Waals surface area contributed by atoms with Gasteiger partial charge in [0, 0.05) is 18.1 Å². The molecule has 2 nitrogen and oxygen atoms in total. The Morgan fingerprint density at radius 2 is 1.77 bits per heavy atom. The summed E-state index contributed by atoms with van der Waals surface area (Å²) in [6.07, 6.45) is 2.30. The molecule has 0 radical (unpaired) electrons. The van der Waals surface area contributed by atoms with Crippen LogP contribution in [0.15, 0.2) is 0 Å². The van der Waals surface area contributed by atoms with Crippen LogP contribution in [0.5, 0.6) is 0 Å². The molecular formula is C11H26N2. The molecule has 13 heavy (non-hydrogen) atoms. The van der Waals surface area contributed by atoms with E-state index < -0.39 is 0 Å². The fourth-order valence-corrected chi connectivity index (χ4v) is 1.35. The van der Waals surface area contributed by atoms with Gasteiger partial charge in [-0.3, -0.25) is 0 Å². The van der Waals surface area contributed by atoms with Gasteiger partial charge in [-0.05, 0) is 47.1 Å². The molecule has 0 amide bonds. The van der Waals surface area contributed by atoms with Crippen LogP contribution in [0.25, 0.3) is 0 Å². The molecule has 0 atom stereocenters. The molecule has 0 aliphatic heterocycles.